The van der Waals surface area contributed by atoms with E-state index >= 15 is 0 Å². The molecular weight excluding hydrogens is 251 g/mol. The van der Waals surface area contributed by atoms with Crippen molar-refractivity contribution in [3.63, 3.8) is 0 Å². The lowest BCUT2D eigenvalue weighted by Crippen LogP contribution is -2.18. The maximum absolute atomic E-state index is 13.2. The third-order valence-corrected chi connectivity index (χ3v) is 4.35. The maximum atomic E-state index is 13.2. The first-order valence-electron chi connectivity index (χ1n) is 5.83. The quantitative estimate of drug-likeness (QED) is 0.850. The van der Waals surface area contributed by atoms with E-state index in [0.717, 1.165) is 10.4 Å². The number of aryl methyl sites for hydroxylation is 1. The van der Waals surface area contributed by atoms with Gasteiger partial charge in [-0.15, -0.1) is 11.3 Å². The number of benzene rings is 1. The van der Waals surface area contributed by atoms with Crippen LogP contribution in [0.25, 0.3) is 0 Å². The van der Waals surface area contributed by atoms with Crippen molar-refractivity contribution in [2.45, 2.75) is 25.6 Å². The molecule has 94 valence electrons. The van der Waals surface area contributed by atoms with Gasteiger partial charge in [-0.25, -0.2) is 4.39 Å². The molecule has 0 aliphatic carbocycles. The number of thiophene rings is 1. The van der Waals surface area contributed by atoms with E-state index in [9.17, 15) is 9.50 Å². The van der Waals surface area contributed by atoms with Crippen LogP contribution in [0.2, 0.25) is 0 Å². The lowest BCUT2D eigenvalue weighted by molar-refractivity contribution is 0.0668. The molecule has 1 aromatic heterocycles. The first-order valence-corrected chi connectivity index (χ1v) is 6.71. The Morgan fingerprint density at radius 2 is 2.22 bits per heavy atom. The van der Waals surface area contributed by atoms with Crippen molar-refractivity contribution >= 4 is 11.3 Å². The highest BCUT2D eigenvalue weighted by Crippen LogP contribution is 2.42. The first kappa shape index (κ1) is 11.7. The van der Waals surface area contributed by atoms with E-state index in [1.165, 1.54) is 12.1 Å². The highest BCUT2D eigenvalue weighted by atomic mass is 32.1. The normalized spacial score (nSPS) is 22.4. The number of hydrogen-bond acceptors (Lipinski definition) is 3. The minimum Gasteiger partial charge on any atom is -0.484 e. The van der Waals surface area contributed by atoms with Gasteiger partial charge in [0.2, 0.25) is 0 Å². The second-order valence-corrected chi connectivity index (χ2v) is 5.46. The molecular formula is C14H13FO2S. The van der Waals surface area contributed by atoms with Crippen LogP contribution >= 0.6 is 11.3 Å². The second-order valence-electron chi connectivity index (χ2n) is 4.51. The van der Waals surface area contributed by atoms with Crippen molar-refractivity contribution in [2.24, 2.45) is 0 Å². The molecule has 0 radical (unpaired) electrons. The summed E-state index contributed by atoms with van der Waals surface area (Å²) in [6.45, 7) is 2.02. The van der Waals surface area contributed by atoms with Crippen LogP contribution in [-0.4, -0.2) is 5.11 Å². The topological polar surface area (TPSA) is 29.5 Å². The lowest BCUT2D eigenvalue weighted by Gasteiger charge is -2.29. The van der Waals surface area contributed by atoms with Gasteiger partial charge < -0.3 is 9.84 Å². The van der Waals surface area contributed by atoms with Crippen LogP contribution in [0, 0.1) is 12.7 Å². The zero-order valence-electron chi connectivity index (χ0n) is 9.89. The molecule has 2 aromatic rings. The Kier molecular flexibility index (Phi) is 2.84. The smallest absolute Gasteiger partial charge is 0.136 e. The first-order chi connectivity index (χ1) is 8.65. The fourth-order valence-corrected chi connectivity index (χ4v) is 3.26. The van der Waals surface area contributed by atoms with E-state index in [1.807, 2.05) is 18.4 Å². The van der Waals surface area contributed by atoms with Gasteiger partial charge >= 0.3 is 0 Å². The van der Waals surface area contributed by atoms with Crippen molar-refractivity contribution in [3.8, 4) is 5.75 Å². The van der Waals surface area contributed by atoms with Gasteiger partial charge in [-0.3, -0.25) is 0 Å². The van der Waals surface area contributed by atoms with Crippen molar-refractivity contribution < 1.29 is 14.2 Å². The Hall–Kier alpha value is -1.39. The van der Waals surface area contributed by atoms with Gasteiger partial charge in [-0.1, -0.05) is 0 Å². The van der Waals surface area contributed by atoms with Gasteiger partial charge in [0, 0.05) is 22.9 Å². The summed E-state index contributed by atoms with van der Waals surface area (Å²) in [6.07, 6.45) is -0.268. The molecule has 0 spiro atoms. The summed E-state index contributed by atoms with van der Waals surface area (Å²) in [6, 6.07) is 6.31. The van der Waals surface area contributed by atoms with Gasteiger partial charge in [0.05, 0.1) is 6.10 Å². The van der Waals surface area contributed by atoms with Crippen LogP contribution < -0.4 is 4.74 Å². The van der Waals surface area contributed by atoms with Gasteiger partial charge in [0.1, 0.15) is 17.7 Å². The zero-order chi connectivity index (χ0) is 12.7. The molecule has 1 aromatic carbocycles. The molecule has 2 heterocycles. The summed E-state index contributed by atoms with van der Waals surface area (Å²) in [5, 5.41) is 12.1. The standard InChI is InChI=1S/C14H13FO2S/c1-8-4-5-18-14(8)13-7-11(16)10-3-2-9(15)6-12(10)17-13/h2-6,11,13,16H,7H2,1H3. The summed E-state index contributed by atoms with van der Waals surface area (Å²) >= 11 is 1.61. The van der Waals surface area contributed by atoms with E-state index in [-0.39, 0.29) is 11.9 Å². The second kappa shape index (κ2) is 4.37. The summed E-state index contributed by atoms with van der Waals surface area (Å²) in [5.74, 6) is 0.107. The summed E-state index contributed by atoms with van der Waals surface area (Å²) in [5.41, 5.74) is 1.82. The van der Waals surface area contributed by atoms with Crippen LogP contribution in [0.1, 0.15) is 34.6 Å². The molecule has 0 bridgehead atoms. The molecule has 1 aliphatic heterocycles. The Labute approximate surface area is 109 Å². The third kappa shape index (κ3) is 1.91. The monoisotopic (exact) mass is 264 g/mol. The molecule has 2 nitrogen and oxygen atoms in total. The number of aliphatic hydroxyl groups excluding tert-OH is 1. The van der Waals surface area contributed by atoms with Gasteiger partial charge in [-0.2, -0.15) is 0 Å². The Bertz CT molecular complexity index is 579. The molecule has 1 aliphatic rings. The van der Waals surface area contributed by atoms with E-state index in [2.05, 4.69) is 0 Å². The van der Waals surface area contributed by atoms with Gasteiger partial charge in [0.25, 0.3) is 0 Å². The zero-order valence-corrected chi connectivity index (χ0v) is 10.7. The number of fused-ring (bicyclic) bond motifs is 1. The fraction of sp³-hybridized carbons (Fsp3) is 0.286. The van der Waals surface area contributed by atoms with E-state index < -0.39 is 6.10 Å². The predicted octanol–water partition coefficient (Wildman–Crippen LogP) is 3.75. The summed E-state index contributed by atoms with van der Waals surface area (Å²) in [7, 11) is 0. The van der Waals surface area contributed by atoms with E-state index in [0.29, 0.717) is 17.7 Å². The Balaban J connectivity index is 1.98. The molecule has 2 unspecified atom stereocenters. The molecule has 3 rings (SSSR count). The molecule has 0 saturated heterocycles. The molecule has 0 amide bonds. The van der Waals surface area contributed by atoms with Crippen LogP contribution in [-0.2, 0) is 0 Å². The molecule has 2 atom stereocenters. The SMILES string of the molecule is Cc1ccsc1C1CC(O)c2ccc(F)cc2O1. The highest BCUT2D eigenvalue weighted by molar-refractivity contribution is 7.10. The third-order valence-electron chi connectivity index (χ3n) is 3.24. The Morgan fingerprint density at radius 3 is 2.94 bits per heavy atom. The van der Waals surface area contributed by atoms with Crippen LogP contribution in [0.3, 0.4) is 0 Å². The average molecular weight is 264 g/mol. The maximum Gasteiger partial charge on any atom is 0.136 e. The number of aliphatic hydroxyl groups is 1. The number of halogens is 1. The highest BCUT2D eigenvalue weighted by Gasteiger charge is 2.29. The van der Waals surface area contributed by atoms with Crippen molar-refractivity contribution in [2.75, 3.05) is 0 Å². The minimum atomic E-state index is -0.596. The largest absolute Gasteiger partial charge is 0.484 e. The lowest BCUT2D eigenvalue weighted by atomic mass is 9.97. The molecule has 0 fully saturated rings. The van der Waals surface area contributed by atoms with E-state index in [4.69, 9.17) is 4.74 Å². The van der Waals surface area contributed by atoms with E-state index in [1.54, 1.807) is 17.4 Å². The fourth-order valence-electron chi connectivity index (χ4n) is 2.29. The molecule has 18 heavy (non-hydrogen) atoms. The van der Waals surface area contributed by atoms with Crippen molar-refractivity contribution in [3.05, 3.63) is 51.5 Å². The number of rotatable bonds is 1. The molecule has 4 heteroatoms. The minimum absolute atomic E-state index is 0.186. The van der Waals surface area contributed by atoms with Crippen molar-refractivity contribution in [1.82, 2.24) is 0 Å². The van der Waals surface area contributed by atoms with Crippen molar-refractivity contribution in [1.29, 1.82) is 0 Å². The number of hydrogen-bond donors (Lipinski definition) is 1. The molecule has 0 saturated carbocycles. The summed E-state index contributed by atoms with van der Waals surface area (Å²) < 4.78 is 19.0. The molecule has 1 N–H and O–H groups in total. The summed E-state index contributed by atoms with van der Waals surface area (Å²) in [4.78, 5) is 1.10. The van der Waals surface area contributed by atoms with Crippen LogP contribution in [0.15, 0.2) is 29.6 Å². The van der Waals surface area contributed by atoms with Crippen LogP contribution in [0.5, 0.6) is 5.75 Å². The predicted molar refractivity (Wildman–Crippen MR) is 68.4 cm³/mol. The van der Waals surface area contributed by atoms with Crippen LogP contribution in [0.4, 0.5) is 4.39 Å². The van der Waals surface area contributed by atoms with Gasteiger partial charge in [-0.05, 0) is 36.1 Å². The Morgan fingerprint density at radius 1 is 1.39 bits per heavy atom. The number of ether oxygens (including phenoxy) is 1. The van der Waals surface area contributed by atoms with Gasteiger partial charge in [0.15, 0.2) is 0 Å². The average Bonchev–Trinajstić information content (AvgIpc) is 2.74.